The number of anilines is 2. The average Bonchev–Trinajstić information content (AvgIpc) is 3.62. The minimum atomic E-state index is -4.21. The molecule has 2 saturated heterocycles. The highest BCUT2D eigenvalue weighted by atomic mass is 32.2. The van der Waals surface area contributed by atoms with Crippen molar-refractivity contribution < 1.29 is 26.7 Å². The predicted octanol–water partition coefficient (Wildman–Crippen LogP) is 4.61. The van der Waals surface area contributed by atoms with E-state index in [1.165, 1.54) is 29.2 Å². The normalized spacial score (nSPS) is 19.3. The number of carbonyl (C=O) groups excluding carboxylic acids is 1. The largest absolute Gasteiger partial charge is 0.369 e. The summed E-state index contributed by atoms with van der Waals surface area (Å²) in [5.74, 6) is -2.40. The Labute approximate surface area is 254 Å². The molecule has 2 fully saturated rings. The molecule has 1 amide bonds. The third-order valence-corrected chi connectivity index (χ3v) is 10.0. The number of benzene rings is 3. The van der Waals surface area contributed by atoms with Gasteiger partial charge in [0, 0.05) is 37.7 Å². The smallest absolute Gasteiger partial charge is 0.273 e. The third kappa shape index (κ3) is 5.99. The molecule has 44 heavy (non-hydrogen) atoms. The Hall–Kier alpha value is -4.07. The number of hydrogen-bond acceptors (Lipinski definition) is 8. The Kier molecular flexibility index (Phi) is 8.27. The first kappa shape index (κ1) is 30.0. The zero-order valence-corrected chi connectivity index (χ0v) is 25.3. The third-order valence-electron chi connectivity index (χ3n) is 8.27. The molecule has 232 valence electrons. The van der Waals surface area contributed by atoms with Crippen molar-refractivity contribution in [3.8, 4) is 0 Å². The number of ether oxygens (including phenoxy) is 1. The Bertz CT molecular complexity index is 1790. The molecule has 0 spiro atoms. The lowest BCUT2D eigenvalue weighted by Gasteiger charge is -2.32. The number of hydrogen-bond donors (Lipinski definition) is 2. The number of para-hydroxylation sites is 1. The van der Waals surface area contributed by atoms with Crippen molar-refractivity contribution in [2.75, 3.05) is 49.4 Å². The molecule has 2 aliphatic heterocycles. The first-order valence-electron chi connectivity index (χ1n) is 14.5. The van der Waals surface area contributed by atoms with Gasteiger partial charge in [0.25, 0.3) is 5.91 Å². The van der Waals surface area contributed by atoms with Crippen LogP contribution in [0.4, 0.5) is 20.2 Å². The number of likely N-dealkylation sites (tertiary alicyclic amines) is 1. The number of fused-ring (bicyclic) bond motifs is 1. The molecule has 2 N–H and O–H groups in total. The quantitative estimate of drug-likeness (QED) is 0.293. The maximum absolute atomic E-state index is 13.8. The Balaban J connectivity index is 1.30. The number of halogens is 2. The lowest BCUT2D eigenvalue weighted by Crippen LogP contribution is -2.36. The molecule has 0 bridgehead atoms. The molecule has 2 unspecified atom stereocenters. The number of likely N-dealkylation sites (N-methyl/N-ethyl adjacent to an activating group) is 2. The minimum absolute atomic E-state index is 0.159. The van der Waals surface area contributed by atoms with E-state index in [1.54, 1.807) is 6.07 Å². The second-order valence-corrected chi connectivity index (χ2v) is 13.3. The van der Waals surface area contributed by atoms with Gasteiger partial charge in [0.15, 0.2) is 0 Å². The molecule has 10 nitrogen and oxygen atoms in total. The van der Waals surface area contributed by atoms with Gasteiger partial charge >= 0.3 is 0 Å². The van der Waals surface area contributed by atoms with E-state index in [1.807, 2.05) is 19.2 Å². The molecule has 1 aromatic heterocycles. The summed E-state index contributed by atoms with van der Waals surface area (Å²) < 4.78 is 59.6. The minimum Gasteiger partial charge on any atom is -0.369 e. The van der Waals surface area contributed by atoms with E-state index in [0.717, 1.165) is 56.6 Å². The van der Waals surface area contributed by atoms with Crippen LogP contribution in [-0.4, -0.2) is 75.2 Å². The highest BCUT2D eigenvalue weighted by Gasteiger charge is 2.28. The number of rotatable bonds is 8. The fourth-order valence-electron chi connectivity index (χ4n) is 5.86. The van der Waals surface area contributed by atoms with Gasteiger partial charge in [0.2, 0.25) is 9.84 Å². The van der Waals surface area contributed by atoms with Gasteiger partial charge in [-0.25, -0.2) is 22.6 Å². The molecule has 0 radical (unpaired) electrons. The maximum Gasteiger partial charge on any atom is 0.273 e. The van der Waals surface area contributed by atoms with Crippen molar-refractivity contribution >= 4 is 38.0 Å². The standard InChI is InChI=1S/C31H34F2N6O4S/c1-37-12-11-23(19-37)38(2)28-7-5-6-26(30(28)35-29-8-3-4-13-43-29)31(40)36-39-27-10-9-24(14-20(27)18-34-39)44(41,42)25-16-21(32)15-22(33)17-25/h5-7,9-10,14-18,23,29,35H,3-4,8,11-13,19H2,1-2H3,(H,36,40). The summed E-state index contributed by atoms with van der Waals surface area (Å²) in [6.45, 7) is 2.56. The van der Waals surface area contributed by atoms with Crippen LogP contribution in [0.1, 0.15) is 36.0 Å². The van der Waals surface area contributed by atoms with E-state index in [9.17, 15) is 22.0 Å². The fraction of sp³-hybridized carbons (Fsp3) is 0.355. The molecular formula is C31H34F2N6O4S. The van der Waals surface area contributed by atoms with Crippen LogP contribution in [0, 0.1) is 11.6 Å². The van der Waals surface area contributed by atoms with Gasteiger partial charge < -0.3 is 19.9 Å². The average molecular weight is 625 g/mol. The van der Waals surface area contributed by atoms with Gasteiger partial charge in [-0.05, 0) is 81.7 Å². The van der Waals surface area contributed by atoms with Gasteiger partial charge in [-0.2, -0.15) is 9.89 Å². The van der Waals surface area contributed by atoms with E-state index >= 15 is 0 Å². The molecule has 2 aliphatic rings. The summed E-state index contributed by atoms with van der Waals surface area (Å²) in [6, 6.07) is 12.2. The molecule has 2 atom stereocenters. The van der Waals surface area contributed by atoms with Crippen LogP contribution in [0.3, 0.4) is 0 Å². The maximum atomic E-state index is 13.8. The summed E-state index contributed by atoms with van der Waals surface area (Å²) in [6.07, 6.45) is 5.03. The topological polar surface area (TPSA) is 109 Å². The van der Waals surface area contributed by atoms with Gasteiger partial charge in [0.05, 0.1) is 38.4 Å². The summed E-state index contributed by atoms with van der Waals surface area (Å²) in [7, 11) is -0.0695. The molecule has 0 saturated carbocycles. The van der Waals surface area contributed by atoms with Crippen molar-refractivity contribution in [1.82, 2.24) is 14.8 Å². The Morgan fingerprint density at radius 2 is 1.84 bits per heavy atom. The van der Waals surface area contributed by atoms with E-state index in [4.69, 9.17) is 4.74 Å². The first-order chi connectivity index (χ1) is 21.1. The zero-order valence-electron chi connectivity index (χ0n) is 24.5. The molecule has 4 aromatic rings. The van der Waals surface area contributed by atoms with Crippen molar-refractivity contribution in [2.45, 2.75) is 47.7 Å². The SMILES string of the molecule is CN1CCC(N(C)c2cccc(C(=O)Nn3ncc4cc(S(=O)(=O)c5cc(F)cc(F)c5)ccc43)c2NC2CCCCO2)C1. The molecule has 6 rings (SSSR count). The molecular weight excluding hydrogens is 590 g/mol. The van der Waals surface area contributed by atoms with Gasteiger partial charge in [0.1, 0.15) is 17.9 Å². The van der Waals surface area contributed by atoms with Gasteiger partial charge in [-0.3, -0.25) is 4.79 Å². The predicted molar refractivity (Wildman–Crippen MR) is 163 cm³/mol. The van der Waals surface area contributed by atoms with Crippen molar-refractivity contribution in [3.63, 3.8) is 0 Å². The molecule has 0 aliphatic carbocycles. The summed E-state index contributed by atoms with van der Waals surface area (Å²) in [5, 5.41) is 8.17. The van der Waals surface area contributed by atoms with E-state index in [2.05, 4.69) is 32.7 Å². The van der Waals surface area contributed by atoms with Crippen LogP contribution in [0.2, 0.25) is 0 Å². The summed E-state index contributed by atoms with van der Waals surface area (Å²) >= 11 is 0. The van der Waals surface area contributed by atoms with Crippen LogP contribution in [-0.2, 0) is 14.6 Å². The second-order valence-electron chi connectivity index (χ2n) is 11.3. The highest BCUT2D eigenvalue weighted by Crippen LogP contribution is 2.34. The van der Waals surface area contributed by atoms with Crippen LogP contribution >= 0.6 is 0 Å². The number of aromatic nitrogens is 2. The van der Waals surface area contributed by atoms with Gasteiger partial charge in [-0.1, -0.05) is 6.07 Å². The van der Waals surface area contributed by atoms with E-state index in [0.29, 0.717) is 34.8 Å². The summed E-state index contributed by atoms with van der Waals surface area (Å²) in [4.78, 5) is 18.9. The van der Waals surface area contributed by atoms with Crippen LogP contribution < -0.4 is 15.6 Å². The lowest BCUT2D eigenvalue weighted by molar-refractivity contribution is 0.0343. The van der Waals surface area contributed by atoms with E-state index in [-0.39, 0.29) is 17.2 Å². The van der Waals surface area contributed by atoms with Crippen LogP contribution in [0.5, 0.6) is 0 Å². The highest BCUT2D eigenvalue weighted by molar-refractivity contribution is 7.91. The van der Waals surface area contributed by atoms with Crippen molar-refractivity contribution in [3.05, 3.63) is 78.0 Å². The Morgan fingerprint density at radius 3 is 2.55 bits per heavy atom. The van der Waals surface area contributed by atoms with Crippen molar-refractivity contribution in [1.29, 1.82) is 0 Å². The molecule has 3 aromatic carbocycles. The Morgan fingerprint density at radius 1 is 1.05 bits per heavy atom. The number of carbonyl (C=O) groups is 1. The number of nitrogens with one attached hydrogen (secondary N) is 2. The first-order valence-corrected chi connectivity index (χ1v) is 16.0. The van der Waals surface area contributed by atoms with Crippen LogP contribution in [0.15, 0.2) is 70.6 Å². The van der Waals surface area contributed by atoms with Crippen molar-refractivity contribution in [2.24, 2.45) is 0 Å². The second kappa shape index (κ2) is 12.1. The number of sulfone groups is 1. The van der Waals surface area contributed by atoms with Crippen LogP contribution in [0.25, 0.3) is 10.9 Å². The molecule has 3 heterocycles. The fourth-order valence-corrected chi connectivity index (χ4v) is 7.20. The monoisotopic (exact) mass is 624 g/mol. The number of nitrogens with zero attached hydrogens (tertiary/aromatic N) is 4. The lowest BCUT2D eigenvalue weighted by atomic mass is 10.1. The zero-order chi connectivity index (χ0) is 31.0. The van der Waals surface area contributed by atoms with E-state index < -0.39 is 32.3 Å². The van der Waals surface area contributed by atoms with Gasteiger partial charge in [-0.15, -0.1) is 0 Å². The number of amides is 1. The summed E-state index contributed by atoms with van der Waals surface area (Å²) in [5.41, 5.74) is 5.22. The molecule has 13 heteroatoms.